The van der Waals surface area contributed by atoms with Crippen molar-refractivity contribution in [3.05, 3.63) is 59.6 Å². The lowest BCUT2D eigenvalue weighted by Gasteiger charge is -2.31. The van der Waals surface area contributed by atoms with Crippen molar-refractivity contribution in [3.8, 4) is 0 Å². The molecule has 0 aliphatic rings. The molecule has 110 valence electrons. The van der Waals surface area contributed by atoms with Gasteiger partial charge in [0, 0.05) is 17.6 Å². The summed E-state index contributed by atoms with van der Waals surface area (Å²) in [6, 6.07) is 7.45. The second-order valence-corrected chi connectivity index (χ2v) is 5.41. The molecule has 1 aromatic rings. The maximum atomic E-state index is 12.5. The van der Waals surface area contributed by atoms with Gasteiger partial charge in [0.05, 0.1) is 0 Å². The SMILES string of the molecule is C=CCN(CC=C)C(=O)C(C)(N)c1ccc(Br)cc1.Cl. The minimum atomic E-state index is -1.06. The number of carbonyl (C=O) groups is 1. The predicted molar refractivity (Wildman–Crippen MR) is 89.9 cm³/mol. The molecule has 20 heavy (non-hydrogen) atoms. The van der Waals surface area contributed by atoms with Crippen molar-refractivity contribution < 1.29 is 4.79 Å². The summed E-state index contributed by atoms with van der Waals surface area (Å²) in [6.45, 7) is 9.94. The molecule has 0 aliphatic carbocycles. The Labute approximate surface area is 135 Å². The van der Waals surface area contributed by atoms with E-state index in [2.05, 4.69) is 29.1 Å². The van der Waals surface area contributed by atoms with Crippen molar-refractivity contribution in [2.75, 3.05) is 13.1 Å². The molecule has 1 amide bonds. The molecule has 0 aliphatic heterocycles. The van der Waals surface area contributed by atoms with Gasteiger partial charge in [-0.2, -0.15) is 0 Å². The Bertz CT molecular complexity index is 461. The molecule has 0 saturated heterocycles. The highest BCUT2D eigenvalue weighted by Gasteiger charge is 2.33. The first-order chi connectivity index (χ1) is 8.93. The van der Waals surface area contributed by atoms with Gasteiger partial charge in [-0.25, -0.2) is 0 Å². The van der Waals surface area contributed by atoms with Crippen LogP contribution in [0.25, 0.3) is 0 Å². The molecule has 3 nitrogen and oxygen atoms in total. The van der Waals surface area contributed by atoms with E-state index in [1.165, 1.54) is 0 Å². The summed E-state index contributed by atoms with van der Waals surface area (Å²) in [4.78, 5) is 14.2. The molecule has 0 saturated carbocycles. The van der Waals surface area contributed by atoms with Gasteiger partial charge in [0.15, 0.2) is 0 Å². The van der Waals surface area contributed by atoms with E-state index >= 15 is 0 Å². The molecule has 0 bridgehead atoms. The smallest absolute Gasteiger partial charge is 0.247 e. The minimum absolute atomic E-state index is 0. The quantitative estimate of drug-likeness (QED) is 0.793. The van der Waals surface area contributed by atoms with E-state index in [-0.39, 0.29) is 18.3 Å². The molecule has 0 spiro atoms. The molecule has 0 heterocycles. The van der Waals surface area contributed by atoms with Gasteiger partial charge in [-0.05, 0) is 24.6 Å². The van der Waals surface area contributed by atoms with Crippen LogP contribution in [-0.2, 0) is 10.3 Å². The molecule has 1 aromatic carbocycles. The number of nitrogens with zero attached hydrogens (tertiary/aromatic N) is 1. The topological polar surface area (TPSA) is 46.3 Å². The Hall–Kier alpha value is -1.10. The fourth-order valence-electron chi connectivity index (χ4n) is 1.80. The second-order valence-electron chi connectivity index (χ2n) is 4.50. The lowest BCUT2D eigenvalue weighted by Crippen LogP contribution is -2.51. The van der Waals surface area contributed by atoms with E-state index < -0.39 is 5.54 Å². The number of nitrogens with two attached hydrogens (primary N) is 1. The highest BCUT2D eigenvalue weighted by Crippen LogP contribution is 2.22. The average Bonchev–Trinajstić information content (AvgIpc) is 2.38. The fourth-order valence-corrected chi connectivity index (χ4v) is 2.06. The third-order valence-corrected chi connectivity index (χ3v) is 3.40. The summed E-state index contributed by atoms with van der Waals surface area (Å²) >= 11 is 3.37. The van der Waals surface area contributed by atoms with E-state index in [0.29, 0.717) is 13.1 Å². The zero-order valence-electron chi connectivity index (χ0n) is 11.5. The summed E-state index contributed by atoms with van der Waals surface area (Å²) in [5.41, 5.74) is 5.93. The van der Waals surface area contributed by atoms with E-state index in [0.717, 1.165) is 10.0 Å². The number of rotatable bonds is 6. The number of halogens is 2. The van der Waals surface area contributed by atoms with Crippen molar-refractivity contribution >= 4 is 34.2 Å². The molecule has 0 fully saturated rings. The molecule has 0 radical (unpaired) electrons. The normalized spacial score (nSPS) is 12.8. The van der Waals surface area contributed by atoms with Crippen LogP contribution in [0.5, 0.6) is 0 Å². The van der Waals surface area contributed by atoms with Crippen molar-refractivity contribution in [3.63, 3.8) is 0 Å². The van der Waals surface area contributed by atoms with Gasteiger partial charge < -0.3 is 10.6 Å². The van der Waals surface area contributed by atoms with Gasteiger partial charge >= 0.3 is 0 Å². The summed E-state index contributed by atoms with van der Waals surface area (Å²) in [5.74, 6) is -0.144. The number of hydrogen-bond acceptors (Lipinski definition) is 2. The summed E-state index contributed by atoms with van der Waals surface area (Å²) < 4.78 is 0.952. The van der Waals surface area contributed by atoms with Gasteiger partial charge in [-0.15, -0.1) is 25.6 Å². The van der Waals surface area contributed by atoms with Crippen molar-refractivity contribution in [2.45, 2.75) is 12.5 Å². The van der Waals surface area contributed by atoms with Crippen LogP contribution in [0, 0.1) is 0 Å². The second kappa shape index (κ2) is 8.25. The van der Waals surface area contributed by atoms with Gasteiger partial charge in [0.2, 0.25) is 5.91 Å². The van der Waals surface area contributed by atoms with E-state index in [4.69, 9.17) is 5.73 Å². The van der Waals surface area contributed by atoms with E-state index in [9.17, 15) is 4.79 Å². The van der Waals surface area contributed by atoms with Gasteiger partial charge in [-0.1, -0.05) is 40.2 Å². The highest BCUT2D eigenvalue weighted by atomic mass is 79.9. The first-order valence-electron chi connectivity index (χ1n) is 5.99. The molecule has 1 unspecified atom stereocenters. The largest absolute Gasteiger partial charge is 0.333 e. The van der Waals surface area contributed by atoms with Crippen LogP contribution in [0.2, 0.25) is 0 Å². The molecule has 5 heteroatoms. The van der Waals surface area contributed by atoms with Crippen LogP contribution in [0.4, 0.5) is 0 Å². The standard InChI is InChI=1S/C15H19BrN2O.ClH/c1-4-10-18(11-5-2)14(19)15(3,17)12-6-8-13(16)9-7-12;/h4-9H,1-2,10-11,17H2,3H3;1H. The lowest BCUT2D eigenvalue weighted by molar-refractivity contribution is -0.135. The number of carbonyl (C=O) groups excluding carboxylic acids is 1. The van der Waals surface area contributed by atoms with E-state index in [1.807, 2.05) is 24.3 Å². The maximum absolute atomic E-state index is 12.5. The van der Waals surface area contributed by atoms with Gasteiger partial charge in [-0.3, -0.25) is 4.79 Å². The number of hydrogen-bond donors (Lipinski definition) is 1. The molecule has 2 N–H and O–H groups in total. The third kappa shape index (κ3) is 4.47. The zero-order chi connectivity index (χ0) is 14.5. The van der Waals surface area contributed by atoms with Crippen LogP contribution in [-0.4, -0.2) is 23.9 Å². The van der Waals surface area contributed by atoms with Crippen LogP contribution in [0.1, 0.15) is 12.5 Å². The minimum Gasteiger partial charge on any atom is -0.333 e. The number of benzene rings is 1. The average molecular weight is 360 g/mol. The van der Waals surface area contributed by atoms with Crippen LogP contribution in [0.15, 0.2) is 54.0 Å². The van der Waals surface area contributed by atoms with Crippen LogP contribution >= 0.6 is 28.3 Å². The predicted octanol–water partition coefficient (Wildman–Crippen LogP) is 3.25. The van der Waals surface area contributed by atoms with Crippen molar-refractivity contribution in [1.29, 1.82) is 0 Å². The van der Waals surface area contributed by atoms with Gasteiger partial charge in [0.25, 0.3) is 0 Å². The van der Waals surface area contributed by atoms with Crippen molar-refractivity contribution in [2.24, 2.45) is 5.73 Å². The lowest BCUT2D eigenvalue weighted by atomic mass is 9.91. The Kier molecular flexibility index (Phi) is 7.79. The Balaban J connectivity index is 0.00000361. The first kappa shape index (κ1) is 18.9. The zero-order valence-corrected chi connectivity index (χ0v) is 13.9. The molecule has 1 rings (SSSR count). The third-order valence-electron chi connectivity index (χ3n) is 2.87. The first-order valence-corrected chi connectivity index (χ1v) is 6.79. The summed E-state index contributed by atoms with van der Waals surface area (Å²) in [5, 5.41) is 0. The van der Waals surface area contributed by atoms with Crippen molar-refractivity contribution in [1.82, 2.24) is 4.90 Å². The molecular weight excluding hydrogens is 340 g/mol. The summed E-state index contributed by atoms with van der Waals surface area (Å²) in [6.07, 6.45) is 3.36. The van der Waals surface area contributed by atoms with Crippen LogP contribution in [0.3, 0.4) is 0 Å². The Morgan fingerprint density at radius 3 is 2.15 bits per heavy atom. The summed E-state index contributed by atoms with van der Waals surface area (Å²) in [7, 11) is 0. The molecule has 0 aromatic heterocycles. The fraction of sp³-hybridized carbons (Fsp3) is 0.267. The van der Waals surface area contributed by atoms with Crippen LogP contribution < -0.4 is 5.73 Å². The van der Waals surface area contributed by atoms with Gasteiger partial charge in [0.1, 0.15) is 5.54 Å². The Morgan fingerprint density at radius 2 is 1.75 bits per heavy atom. The molecular formula is C15H20BrClN2O. The highest BCUT2D eigenvalue weighted by molar-refractivity contribution is 9.10. The number of amides is 1. The monoisotopic (exact) mass is 358 g/mol. The maximum Gasteiger partial charge on any atom is 0.247 e. The Morgan fingerprint density at radius 1 is 1.30 bits per heavy atom. The van der Waals surface area contributed by atoms with E-state index in [1.54, 1.807) is 24.0 Å². The molecule has 1 atom stereocenters.